The van der Waals surface area contributed by atoms with E-state index in [4.69, 9.17) is 0 Å². The van der Waals surface area contributed by atoms with Crippen molar-refractivity contribution in [3.05, 3.63) is 47.8 Å². The molecule has 0 unspecified atom stereocenters. The van der Waals surface area contributed by atoms with Crippen molar-refractivity contribution in [2.45, 2.75) is 6.92 Å². The Kier molecular flexibility index (Phi) is 4.12. The van der Waals surface area contributed by atoms with E-state index in [0.717, 1.165) is 16.9 Å². The van der Waals surface area contributed by atoms with Gasteiger partial charge in [0.05, 0.1) is 0 Å². The van der Waals surface area contributed by atoms with Crippen LogP contribution in [0.15, 0.2) is 36.5 Å². The summed E-state index contributed by atoms with van der Waals surface area (Å²) in [6.07, 6.45) is 1.49. The lowest BCUT2D eigenvalue weighted by molar-refractivity contribution is 0.0985. The quantitative estimate of drug-likeness (QED) is 0.941. The maximum atomic E-state index is 12.4. The van der Waals surface area contributed by atoms with Crippen molar-refractivity contribution in [2.24, 2.45) is 0 Å². The van der Waals surface area contributed by atoms with Gasteiger partial charge in [-0.15, -0.1) is 0 Å². The fraction of sp³-hybridized carbons (Fsp3) is 0.250. The minimum atomic E-state index is -0.346. The molecule has 5 heteroatoms. The average Bonchev–Trinajstić information content (AvgIpc) is 2.46. The fourth-order valence-electron chi connectivity index (χ4n) is 2.13. The highest BCUT2D eigenvalue weighted by molar-refractivity contribution is 6.06. The minimum Gasteiger partial charge on any atom is -0.505 e. The van der Waals surface area contributed by atoms with Gasteiger partial charge in [-0.2, -0.15) is 0 Å². The Bertz CT molecular complexity index is 668. The van der Waals surface area contributed by atoms with Gasteiger partial charge in [0.25, 0.3) is 5.91 Å². The Balaban J connectivity index is 2.36. The van der Waals surface area contributed by atoms with E-state index in [-0.39, 0.29) is 17.4 Å². The lowest BCUT2D eigenvalue weighted by Crippen LogP contribution is -2.27. The summed E-state index contributed by atoms with van der Waals surface area (Å²) in [5, 5.41) is 9.75. The first-order valence-electron chi connectivity index (χ1n) is 6.62. The van der Waals surface area contributed by atoms with Crippen LogP contribution in [0.2, 0.25) is 0 Å². The molecule has 0 radical (unpaired) electrons. The van der Waals surface area contributed by atoms with Crippen molar-refractivity contribution in [3.63, 3.8) is 0 Å². The molecule has 1 heterocycles. The van der Waals surface area contributed by atoms with Crippen molar-refractivity contribution in [1.82, 2.24) is 4.98 Å². The third kappa shape index (κ3) is 2.97. The molecule has 2 aromatic rings. The van der Waals surface area contributed by atoms with Gasteiger partial charge in [0.1, 0.15) is 5.75 Å². The molecule has 0 aliphatic carbocycles. The van der Waals surface area contributed by atoms with Gasteiger partial charge in [-0.3, -0.25) is 4.79 Å². The second kappa shape index (κ2) is 5.83. The molecule has 2 rings (SSSR count). The Morgan fingerprint density at radius 3 is 2.52 bits per heavy atom. The van der Waals surface area contributed by atoms with E-state index >= 15 is 0 Å². The standard InChI is InChI=1S/C16H19N3O2/c1-11-7-8-12(10-13(11)18(2)3)19(4)16(21)15-14(20)6-5-9-17-15/h5-10,20H,1-4H3. The zero-order valence-corrected chi connectivity index (χ0v) is 12.7. The number of aromatic nitrogens is 1. The number of nitrogens with zero attached hydrogens (tertiary/aromatic N) is 3. The summed E-state index contributed by atoms with van der Waals surface area (Å²) >= 11 is 0. The molecule has 0 aliphatic rings. The molecule has 110 valence electrons. The summed E-state index contributed by atoms with van der Waals surface area (Å²) in [6, 6.07) is 8.82. The summed E-state index contributed by atoms with van der Waals surface area (Å²) in [7, 11) is 5.58. The molecule has 0 saturated carbocycles. The van der Waals surface area contributed by atoms with E-state index in [0.29, 0.717) is 0 Å². The molecular formula is C16H19N3O2. The number of rotatable bonds is 3. The lowest BCUT2D eigenvalue weighted by Gasteiger charge is -2.21. The predicted molar refractivity (Wildman–Crippen MR) is 84.1 cm³/mol. The first kappa shape index (κ1) is 14.8. The van der Waals surface area contributed by atoms with Gasteiger partial charge in [0.2, 0.25) is 0 Å². The highest BCUT2D eigenvalue weighted by Gasteiger charge is 2.19. The Hall–Kier alpha value is -2.56. The Labute approximate surface area is 124 Å². The van der Waals surface area contributed by atoms with E-state index in [2.05, 4.69) is 4.98 Å². The molecule has 0 aliphatic heterocycles. The van der Waals surface area contributed by atoms with Crippen LogP contribution in [-0.2, 0) is 0 Å². The molecule has 5 nitrogen and oxygen atoms in total. The van der Waals surface area contributed by atoms with Crippen LogP contribution in [-0.4, -0.2) is 37.1 Å². The molecule has 0 atom stereocenters. The first-order chi connectivity index (χ1) is 9.91. The number of hydrogen-bond acceptors (Lipinski definition) is 4. The summed E-state index contributed by atoms with van der Waals surface area (Å²) < 4.78 is 0. The van der Waals surface area contributed by atoms with E-state index in [1.165, 1.54) is 17.2 Å². The summed E-state index contributed by atoms with van der Waals surface area (Å²) in [5.41, 5.74) is 2.97. The number of benzene rings is 1. The third-order valence-corrected chi connectivity index (χ3v) is 3.36. The average molecular weight is 285 g/mol. The molecule has 21 heavy (non-hydrogen) atoms. The molecular weight excluding hydrogens is 266 g/mol. The van der Waals surface area contributed by atoms with Crippen molar-refractivity contribution in [1.29, 1.82) is 0 Å². The van der Waals surface area contributed by atoms with Gasteiger partial charge < -0.3 is 14.9 Å². The highest BCUT2D eigenvalue weighted by Crippen LogP contribution is 2.26. The first-order valence-corrected chi connectivity index (χ1v) is 6.62. The number of amides is 1. The third-order valence-electron chi connectivity index (χ3n) is 3.36. The predicted octanol–water partition coefficient (Wildman–Crippen LogP) is 2.44. The number of aryl methyl sites for hydroxylation is 1. The normalized spacial score (nSPS) is 10.3. The van der Waals surface area contributed by atoms with Gasteiger partial charge in [0.15, 0.2) is 5.69 Å². The maximum absolute atomic E-state index is 12.4. The van der Waals surface area contributed by atoms with Crippen LogP contribution in [0.1, 0.15) is 16.1 Å². The topological polar surface area (TPSA) is 56.7 Å². The molecule has 1 amide bonds. The van der Waals surface area contributed by atoms with Gasteiger partial charge >= 0.3 is 0 Å². The highest BCUT2D eigenvalue weighted by atomic mass is 16.3. The molecule has 0 fully saturated rings. The van der Waals surface area contributed by atoms with Crippen LogP contribution in [0, 0.1) is 6.92 Å². The van der Waals surface area contributed by atoms with Crippen LogP contribution in [0.3, 0.4) is 0 Å². The zero-order chi connectivity index (χ0) is 15.6. The van der Waals surface area contributed by atoms with E-state index < -0.39 is 0 Å². The van der Waals surface area contributed by atoms with Crippen molar-refractivity contribution in [2.75, 3.05) is 30.9 Å². The number of carbonyl (C=O) groups is 1. The van der Waals surface area contributed by atoms with Crippen LogP contribution >= 0.6 is 0 Å². The van der Waals surface area contributed by atoms with Gasteiger partial charge in [-0.1, -0.05) is 6.07 Å². The van der Waals surface area contributed by atoms with Crippen LogP contribution in [0.25, 0.3) is 0 Å². The maximum Gasteiger partial charge on any atom is 0.280 e. The van der Waals surface area contributed by atoms with Crippen molar-refractivity contribution in [3.8, 4) is 5.75 Å². The molecule has 0 saturated heterocycles. The number of hydrogen-bond donors (Lipinski definition) is 1. The summed E-state index contributed by atoms with van der Waals surface area (Å²) in [4.78, 5) is 19.8. The Morgan fingerprint density at radius 2 is 1.90 bits per heavy atom. The van der Waals surface area contributed by atoms with Gasteiger partial charge in [-0.25, -0.2) is 4.98 Å². The van der Waals surface area contributed by atoms with Crippen LogP contribution in [0.5, 0.6) is 5.75 Å². The zero-order valence-electron chi connectivity index (χ0n) is 12.7. The lowest BCUT2D eigenvalue weighted by atomic mass is 10.1. The molecule has 1 N–H and O–H groups in total. The summed E-state index contributed by atoms with van der Waals surface area (Å²) in [6.45, 7) is 2.02. The van der Waals surface area contributed by atoms with E-state index in [9.17, 15) is 9.90 Å². The SMILES string of the molecule is Cc1ccc(N(C)C(=O)c2ncccc2O)cc1N(C)C. The van der Waals surface area contributed by atoms with Crippen molar-refractivity contribution < 1.29 is 9.90 Å². The fourth-order valence-corrected chi connectivity index (χ4v) is 2.13. The smallest absolute Gasteiger partial charge is 0.280 e. The minimum absolute atomic E-state index is 0.0481. The molecule has 1 aromatic carbocycles. The van der Waals surface area contributed by atoms with Crippen LogP contribution < -0.4 is 9.80 Å². The number of pyridine rings is 1. The number of carbonyl (C=O) groups excluding carboxylic acids is 1. The van der Waals surface area contributed by atoms with Gasteiger partial charge in [-0.05, 0) is 36.8 Å². The molecule has 0 spiro atoms. The van der Waals surface area contributed by atoms with Crippen LogP contribution in [0.4, 0.5) is 11.4 Å². The van der Waals surface area contributed by atoms with E-state index in [1.54, 1.807) is 13.1 Å². The summed E-state index contributed by atoms with van der Waals surface area (Å²) in [5.74, 6) is -0.462. The number of aromatic hydroxyl groups is 1. The second-order valence-corrected chi connectivity index (χ2v) is 5.10. The van der Waals surface area contributed by atoms with Gasteiger partial charge in [0, 0.05) is 38.7 Å². The molecule has 0 bridgehead atoms. The largest absolute Gasteiger partial charge is 0.505 e. The Morgan fingerprint density at radius 1 is 1.19 bits per heavy atom. The van der Waals surface area contributed by atoms with Crippen molar-refractivity contribution >= 4 is 17.3 Å². The second-order valence-electron chi connectivity index (χ2n) is 5.10. The monoisotopic (exact) mass is 285 g/mol. The van der Waals surface area contributed by atoms with E-state index in [1.807, 2.05) is 44.1 Å². The molecule has 1 aromatic heterocycles. The number of anilines is 2.